The lowest BCUT2D eigenvalue weighted by atomic mass is 9.67. The van der Waals surface area contributed by atoms with Crippen LogP contribution < -0.4 is 4.90 Å². The second-order valence-corrected chi connectivity index (χ2v) is 12.9. The van der Waals surface area contributed by atoms with Crippen LogP contribution in [-0.4, -0.2) is 0 Å². The largest absolute Gasteiger partial charge is 0.311 e. The summed E-state index contributed by atoms with van der Waals surface area (Å²) in [6.45, 7) is 0. The first-order valence-electron chi connectivity index (χ1n) is 17.3. The van der Waals surface area contributed by atoms with Crippen LogP contribution >= 0.6 is 0 Å². The van der Waals surface area contributed by atoms with Crippen molar-refractivity contribution in [3.8, 4) is 33.4 Å². The van der Waals surface area contributed by atoms with E-state index in [0.29, 0.717) is 0 Å². The van der Waals surface area contributed by atoms with Gasteiger partial charge >= 0.3 is 0 Å². The van der Waals surface area contributed by atoms with Crippen LogP contribution in [0.2, 0.25) is 0 Å². The van der Waals surface area contributed by atoms with Crippen molar-refractivity contribution in [1.82, 2.24) is 0 Å². The summed E-state index contributed by atoms with van der Waals surface area (Å²) >= 11 is 0. The Morgan fingerprint density at radius 2 is 0.680 bits per heavy atom. The maximum Gasteiger partial charge on any atom is 0.0713 e. The molecule has 0 aliphatic heterocycles. The van der Waals surface area contributed by atoms with Gasteiger partial charge in [-0.25, -0.2) is 0 Å². The molecule has 0 radical (unpaired) electrons. The molecule has 1 aliphatic carbocycles. The normalized spacial score (nSPS) is 12.6. The second-order valence-electron chi connectivity index (χ2n) is 12.9. The Bertz CT molecular complexity index is 2340. The SMILES string of the molecule is c1ccc(-c2ccc(N(c3ccccc3)c3ccc(-c4ccc5c(c4)-c4ccccc4C5(c4ccccc4)c4ccccc4)cc3)cc2)cc1. The highest BCUT2D eigenvalue weighted by atomic mass is 15.1. The molecule has 0 unspecified atom stereocenters. The summed E-state index contributed by atoms with van der Waals surface area (Å²) in [7, 11) is 0. The second kappa shape index (κ2) is 12.5. The maximum atomic E-state index is 2.40. The summed E-state index contributed by atoms with van der Waals surface area (Å²) in [6.07, 6.45) is 0. The topological polar surface area (TPSA) is 3.24 Å². The molecule has 0 heterocycles. The van der Waals surface area contributed by atoms with Gasteiger partial charge in [-0.3, -0.25) is 0 Å². The van der Waals surface area contributed by atoms with Gasteiger partial charge in [0.05, 0.1) is 5.41 Å². The third kappa shape index (κ3) is 4.95. The van der Waals surface area contributed by atoms with E-state index in [1.54, 1.807) is 0 Å². The summed E-state index contributed by atoms with van der Waals surface area (Å²) in [5, 5.41) is 0. The van der Waals surface area contributed by atoms with Crippen LogP contribution in [0.4, 0.5) is 17.1 Å². The number of hydrogen-bond acceptors (Lipinski definition) is 1. The van der Waals surface area contributed by atoms with Crippen LogP contribution in [0.3, 0.4) is 0 Å². The highest BCUT2D eigenvalue weighted by Gasteiger charge is 2.45. The van der Waals surface area contributed by atoms with E-state index in [1.165, 1.54) is 55.6 Å². The first-order chi connectivity index (χ1) is 24.8. The molecular weight excluding hydrogens is 603 g/mol. The summed E-state index contributed by atoms with van der Waals surface area (Å²) in [5.74, 6) is 0. The van der Waals surface area contributed by atoms with Gasteiger partial charge < -0.3 is 4.90 Å². The number of para-hydroxylation sites is 1. The average Bonchev–Trinajstić information content (AvgIpc) is 3.50. The van der Waals surface area contributed by atoms with Gasteiger partial charge in [0.2, 0.25) is 0 Å². The molecule has 0 bridgehead atoms. The molecule has 0 amide bonds. The van der Waals surface area contributed by atoms with Crippen molar-refractivity contribution in [3.05, 3.63) is 235 Å². The summed E-state index contributed by atoms with van der Waals surface area (Å²) in [5.41, 5.74) is 15.6. The Balaban J connectivity index is 1.12. The van der Waals surface area contributed by atoms with Crippen molar-refractivity contribution in [1.29, 1.82) is 0 Å². The zero-order chi connectivity index (χ0) is 33.3. The van der Waals surface area contributed by atoms with Crippen LogP contribution in [0.15, 0.2) is 212 Å². The third-order valence-electron chi connectivity index (χ3n) is 10.2. The molecule has 236 valence electrons. The molecule has 0 aromatic heterocycles. The van der Waals surface area contributed by atoms with Crippen molar-refractivity contribution in [3.63, 3.8) is 0 Å². The lowest BCUT2D eigenvalue weighted by Gasteiger charge is -2.33. The molecule has 0 fully saturated rings. The van der Waals surface area contributed by atoms with E-state index in [9.17, 15) is 0 Å². The molecule has 1 aliphatic rings. The lowest BCUT2D eigenvalue weighted by molar-refractivity contribution is 0.768. The van der Waals surface area contributed by atoms with E-state index < -0.39 is 0 Å². The summed E-state index contributed by atoms with van der Waals surface area (Å²) < 4.78 is 0. The quantitative estimate of drug-likeness (QED) is 0.168. The van der Waals surface area contributed by atoms with Gasteiger partial charge in [-0.15, -0.1) is 0 Å². The van der Waals surface area contributed by atoms with Gasteiger partial charge in [-0.2, -0.15) is 0 Å². The molecule has 1 nitrogen and oxygen atoms in total. The molecule has 0 saturated heterocycles. The van der Waals surface area contributed by atoms with Crippen molar-refractivity contribution >= 4 is 17.1 Å². The number of anilines is 3. The number of benzene rings is 8. The van der Waals surface area contributed by atoms with Crippen LogP contribution in [0, 0.1) is 0 Å². The average molecular weight is 638 g/mol. The predicted molar refractivity (Wildman–Crippen MR) is 209 cm³/mol. The monoisotopic (exact) mass is 637 g/mol. The molecule has 1 heteroatoms. The molecule has 50 heavy (non-hydrogen) atoms. The number of rotatable bonds is 7. The highest BCUT2D eigenvalue weighted by molar-refractivity contribution is 5.89. The number of fused-ring (bicyclic) bond motifs is 3. The lowest BCUT2D eigenvalue weighted by Crippen LogP contribution is -2.28. The van der Waals surface area contributed by atoms with E-state index in [1.807, 2.05) is 0 Å². The number of hydrogen-bond donors (Lipinski definition) is 0. The standard InChI is InChI=1S/C49H35N/c1-5-15-36(16-6-1)37-25-30-43(31-26-37)50(42-21-11-4-12-22-42)44-32-27-38(28-33-44)39-29-34-48-46(35-39)45-23-13-14-24-47(45)49(48,40-17-7-2-8-18-40)41-19-9-3-10-20-41/h1-35H. The van der Waals surface area contributed by atoms with Crippen molar-refractivity contribution in [2.24, 2.45) is 0 Å². The Morgan fingerprint density at radius 1 is 0.280 bits per heavy atom. The Labute approximate surface area is 294 Å². The first kappa shape index (κ1) is 29.7. The smallest absolute Gasteiger partial charge is 0.0713 e. The van der Waals surface area contributed by atoms with Gasteiger partial charge in [-0.05, 0) is 98.1 Å². The van der Waals surface area contributed by atoms with Gasteiger partial charge in [0.25, 0.3) is 0 Å². The first-order valence-corrected chi connectivity index (χ1v) is 17.3. The molecule has 0 atom stereocenters. The maximum absolute atomic E-state index is 2.40. The molecule has 8 aromatic rings. The van der Waals surface area contributed by atoms with Gasteiger partial charge in [0.15, 0.2) is 0 Å². The van der Waals surface area contributed by atoms with E-state index in [2.05, 4.69) is 217 Å². The summed E-state index contributed by atoms with van der Waals surface area (Å²) in [4.78, 5) is 2.32. The molecule has 0 saturated carbocycles. The van der Waals surface area contributed by atoms with Crippen molar-refractivity contribution in [2.75, 3.05) is 4.90 Å². The van der Waals surface area contributed by atoms with Crippen LogP contribution in [0.25, 0.3) is 33.4 Å². The van der Waals surface area contributed by atoms with Crippen LogP contribution in [-0.2, 0) is 5.41 Å². The minimum absolute atomic E-state index is 0.386. The fourth-order valence-corrected chi connectivity index (χ4v) is 7.89. The zero-order valence-corrected chi connectivity index (χ0v) is 27.7. The fraction of sp³-hybridized carbons (Fsp3) is 0.0204. The van der Waals surface area contributed by atoms with Crippen molar-refractivity contribution < 1.29 is 0 Å². The van der Waals surface area contributed by atoms with Gasteiger partial charge in [-0.1, -0.05) is 170 Å². The molecule has 8 aromatic carbocycles. The predicted octanol–water partition coefficient (Wildman–Crippen LogP) is 12.9. The Hall–Kier alpha value is -6.44. The van der Waals surface area contributed by atoms with E-state index in [4.69, 9.17) is 0 Å². The molecular formula is C49H35N. The van der Waals surface area contributed by atoms with E-state index >= 15 is 0 Å². The number of nitrogens with zero attached hydrogens (tertiary/aromatic N) is 1. The zero-order valence-electron chi connectivity index (χ0n) is 27.7. The third-order valence-corrected chi connectivity index (χ3v) is 10.2. The highest BCUT2D eigenvalue weighted by Crippen LogP contribution is 2.56. The van der Waals surface area contributed by atoms with Gasteiger partial charge in [0.1, 0.15) is 0 Å². The minimum Gasteiger partial charge on any atom is -0.311 e. The molecule has 0 N–H and O–H groups in total. The Kier molecular flexibility index (Phi) is 7.44. The van der Waals surface area contributed by atoms with Gasteiger partial charge in [0, 0.05) is 17.1 Å². The molecule has 0 spiro atoms. The van der Waals surface area contributed by atoms with E-state index in [0.717, 1.165) is 17.1 Å². The van der Waals surface area contributed by atoms with Crippen molar-refractivity contribution in [2.45, 2.75) is 5.41 Å². The fourth-order valence-electron chi connectivity index (χ4n) is 7.89. The minimum atomic E-state index is -0.386. The van der Waals surface area contributed by atoms with E-state index in [-0.39, 0.29) is 5.41 Å². The summed E-state index contributed by atoms with van der Waals surface area (Å²) in [6, 6.07) is 77.0. The van der Waals surface area contributed by atoms with Crippen LogP contribution in [0.1, 0.15) is 22.3 Å². The van der Waals surface area contributed by atoms with Crippen LogP contribution in [0.5, 0.6) is 0 Å². The molecule has 9 rings (SSSR count). The Morgan fingerprint density at radius 3 is 1.26 bits per heavy atom.